The van der Waals surface area contributed by atoms with Crippen LogP contribution in [0, 0.1) is 0 Å². The van der Waals surface area contributed by atoms with Crippen LogP contribution in [0.15, 0.2) is 23.1 Å². The van der Waals surface area contributed by atoms with Crippen LogP contribution < -0.4 is 5.56 Å². The number of rotatable bonds is 4. The highest BCUT2D eigenvalue weighted by molar-refractivity contribution is 5.15. The maximum absolute atomic E-state index is 12.1. The molecule has 1 heterocycles. The molecule has 2 rings (SSSR count). The average molecular weight is 251 g/mol. The van der Waals surface area contributed by atoms with Gasteiger partial charge in [0.1, 0.15) is 0 Å². The van der Waals surface area contributed by atoms with Gasteiger partial charge in [0.2, 0.25) is 0 Å². The first kappa shape index (κ1) is 15.0. The average Bonchev–Trinajstić information content (AvgIpc) is 3.14. The Kier molecular flexibility index (Phi) is 5.15. The van der Waals surface area contributed by atoms with Gasteiger partial charge in [0.25, 0.3) is 5.56 Å². The molecule has 0 amide bonds. The molecule has 0 radical (unpaired) electrons. The zero-order valence-corrected chi connectivity index (χ0v) is 12.2. The Balaban J connectivity index is 0.000000771. The van der Waals surface area contributed by atoms with Gasteiger partial charge in [-0.1, -0.05) is 33.8 Å². The molecule has 3 nitrogen and oxygen atoms in total. The van der Waals surface area contributed by atoms with Gasteiger partial charge in [0.15, 0.2) is 0 Å². The Bertz CT molecular complexity index is 430. The molecule has 1 aliphatic rings. The van der Waals surface area contributed by atoms with Crippen molar-refractivity contribution in [2.75, 3.05) is 7.11 Å². The smallest absolute Gasteiger partial charge is 0.254 e. The van der Waals surface area contributed by atoms with Gasteiger partial charge in [-0.15, -0.1) is 0 Å². The van der Waals surface area contributed by atoms with E-state index < -0.39 is 0 Å². The van der Waals surface area contributed by atoms with Crippen LogP contribution >= 0.6 is 0 Å². The van der Waals surface area contributed by atoms with Crippen molar-refractivity contribution < 1.29 is 4.74 Å². The van der Waals surface area contributed by atoms with Gasteiger partial charge in [-0.3, -0.25) is 4.79 Å². The van der Waals surface area contributed by atoms with Gasteiger partial charge in [-0.2, -0.15) is 0 Å². The molecule has 1 fully saturated rings. The third-order valence-corrected chi connectivity index (χ3v) is 3.37. The van der Waals surface area contributed by atoms with Gasteiger partial charge >= 0.3 is 0 Å². The van der Waals surface area contributed by atoms with E-state index in [9.17, 15) is 4.79 Å². The van der Waals surface area contributed by atoms with Gasteiger partial charge in [-0.05, 0) is 24.8 Å². The molecule has 1 saturated carbocycles. The minimum Gasteiger partial charge on any atom is -0.376 e. The third-order valence-electron chi connectivity index (χ3n) is 3.37. The number of pyridine rings is 1. The molecule has 0 aromatic carbocycles. The fourth-order valence-corrected chi connectivity index (χ4v) is 2.00. The van der Waals surface area contributed by atoms with Crippen molar-refractivity contribution in [3.8, 4) is 0 Å². The minimum atomic E-state index is -0.0700. The number of ether oxygens (including phenoxy) is 1. The van der Waals surface area contributed by atoms with E-state index >= 15 is 0 Å². The monoisotopic (exact) mass is 251 g/mol. The number of methoxy groups -OCH3 is 1. The Morgan fingerprint density at radius 2 is 2.00 bits per heavy atom. The van der Waals surface area contributed by atoms with Gasteiger partial charge in [0, 0.05) is 18.9 Å². The Morgan fingerprint density at radius 1 is 1.39 bits per heavy atom. The first-order chi connectivity index (χ1) is 8.58. The van der Waals surface area contributed by atoms with Crippen molar-refractivity contribution in [2.24, 2.45) is 0 Å². The molecule has 0 spiro atoms. The molecule has 1 aromatic heterocycles. The number of nitrogens with zero attached hydrogens (tertiary/aromatic N) is 1. The molecule has 0 bridgehead atoms. The Labute approximate surface area is 110 Å². The van der Waals surface area contributed by atoms with Crippen LogP contribution in [0.2, 0.25) is 0 Å². The molecule has 1 aromatic rings. The topological polar surface area (TPSA) is 31.2 Å². The summed E-state index contributed by atoms with van der Waals surface area (Å²) in [5.41, 5.74) is 0.939. The third kappa shape index (κ3) is 3.22. The molecule has 0 unspecified atom stereocenters. The van der Waals surface area contributed by atoms with Crippen LogP contribution in [0.3, 0.4) is 0 Å². The van der Waals surface area contributed by atoms with Crippen molar-refractivity contribution in [2.45, 2.75) is 58.6 Å². The van der Waals surface area contributed by atoms with E-state index in [0.717, 1.165) is 18.4 Å². The highest BCUT2D eigenvalue weighted by Crippen LogP contribution is 2.40. The predicted molar refractivity (Wildman–Crippen MR) is 75.1 cm³/mol. The fraction of sp³-hybridized carbons (Fsp3) is 0.667. The van der Waals surface area contributed by atoms with E-state index in [-0.39, 0.29) is 17.1 Å². The molecular formula is C15H25NO2. The number of aromatic nitrogens is 1. The van der Waals surface area contributed by atoms with Crippen molar-refractivity contribution in [3.05, 3.63) is 34.2 Å². The molecule has 102 valence electrons. The normalized spacial score (nSPS) is 16.1. The predicted octanol–water partition coefficient (Wildman–Crippen LogP) is 3.18. The van der Waals surface area contributed by atoms with Crippen LogP contribution in [-0.4, -0.2) is 17.3 Å². The second kappa shape index (κ2) is 6.19. The lowest BCUT2D eigenvalue weighted by Crippen LogP contribution is -2.30. The van der Waals surface area contributed by atoms with Crippen molar-refractivity contribution in [3.63, 3.8) is 0 Å². The first-order valence-electron chi connectivity index (χ1n) is 6.82. The lowest BCUT2D eigenvalue weighted by molar-refractivity contribution is 0.0641. The van der Waals surface area contributed by atoms with E-state index in [4.69, 9.17) is 4.74 Å². The number of hydrogen-bond acceptors (Lipinski definition) is 2. The summed E-state index contributed by atoms with van der Waals surface area (Å²) < 4.78 is 7.23. The maximum atomic E-state index is 12.1. The second-order valence-electron chi connectivity index (χ2n) is 4.94. The summed E-state index contributed by atoms with van der Waals surface area (Å²) in [6, 6.07) is 3.86. The summed E-state index contributed by atoms with van der Waals surface area (Å²) in [7, 11) is 1.73. The summed E-state index contributed by atoms with van der Waals surface area (Å²) in [6.07, 6.45) is 3.97. The maximum Gasteiger partial charge on any atom is 0.254 e. The van der Waals surface area contributed by atoms with Crippen LogP contribution in [0.5, 0.6) is 0 Å². The summed E-state index contributed by atoms with van der Waals surface area (Å²) in [6.45, 7) is 8.78. The first-order valence-corrected chi connectivity index (χ1v) is 6.82. The molecule has 18 heavy (non-hydrogen) atoms. The minimum absolute atomic E-state index is 0.0700. The Hall–Kier alpha value is -1.09. The zero-order valence-electron chi connectivity index (χ0n) is 12.2. The fourth-order valence-electron chi connectivity index (χ4n) is 2.00. The lowest BCUT2D eigenvalue weighted by Gasteiger charge is -2.16. The molecular weight excluding hydrogens is 226 g/mol. The van der Waals surface area contributed by atoms with E-state index in [1.165, 1.54) is 0 Å². The lowest BCUT2D eigenvalue weighted by atomic mass is 10.1. The largest absolute Gasteiger partial charge is 0.376 e. The van der Waals surface area contributed by atoms with E-state index in [0.29, 0.717) is 6.54 Å². The number of hydrogen-bond donors (Lipinski definition) is 0. The van der Waals surface area contributed by atoms with Crippen molar-refractivity contribution in [1.29, 1.82) is 0 Å². The molecule has 0 N–H and O–H groups in total. The zero-order chi connectivity index (χ0) is 13.8. The van der Waals surface area contributed by atoms with E-state index in [1.807, 2.05) is 46.0 Å². The molecule has 3 heteroatoms. The van der Waals surface area contributed by atoms with E-state index in [1.54, 1.807) is 11.7 Å². The summed E-state index contributed by atoms with van der Waals surface area (Å²) in [5, 5.41) is 0. The van der Waals surface area contributed by atoms with Crippen LogP contribution in [0.25, 0.3) is 0 Å². The SMILES string of the molecule is CC.COC1(Cn2cccc(C(C)C)c2=O)CC1. The molecule has 1 aliphatic carbocycles. The molecule has 0 saturated heterocycles. The summed E-state index contributed by atoms with van der Waals surface area (Å²) >= 11 is 0. The molecule has 0 atom stereocenters. The van der Waals surface area contributed by atoms with Crippen LogP contribution in [0.1, 0.15) is 52.0 Å². The standard InChI is InChI=1S/C13H19NO2.C2H6/c1-10(2)11-5-4-8-14(12(11)15)9-13(16-3)6-7-13;1-2/h4-5,8,10H,6-7,9H2,1-3H3;1-2H3. The van der Waals surface area contributed by atoms with Gasteiger partial charge in [0.05, 0.1) is 12.1 Å². The van der Waals surface area contributed by atoms with Crippen LogP contribution in [-0.2, 0) is 11.3 Å². The van der Waals surface area contributed by atoms with Crippen molar-refractivity contribution in [1.82, 2.24) is 4.57 Å². The molecule has 0 aliphatic heterocycles. The highest BCUT2D eigenvalue weighted by Gasteiger charge is 2.43. The van der Waals surface area contributed by atoms with E-state index in [2.05, 4.69) is 0 Å². The highest BCUT2D eigenvalue weighted by atomic mass is 16.5. The van der Waals surface area contributed by atoms with Gasteiger partial charge < -0.3 is 9.30 Å². The Morgan fingerprint density at radius 3 is 2.44 bits per heavy atom. The summed E-state index contributed by atoms with van der Waals surface area (Å²) in [4.78, 5) is 12.1. The second-order valence-corrected chi connectivity index (χ2v) is 4.94. The van der Waals surface area contributed by atoms with Crippen LogP contribution in [0.4, 0.5) is 0 Å². The quantitative estimate of drug-likeness (QED) is 0.823. The van der Waals surface area contributed by atoms with Gasteiger partial charge in [-0.25, -0.2) is 0 Å². The van der Waals surface area contributed by atoms with Crippen molar-refractivity contribution >= 4 is 0 Å². The summed E-state index contributed by atoms with van der Waals surface area (Å²) in [5.74, 6) is 0.276.